The number of rotatable bonds is 5. The van der Waals surface area contributed by atoms with Crippen molar-refractivity contribution >= 4 is 17.8 Å². The molecule has 5 atom stereocenters. The van der Waals surface area contributed by atoms with Crippen molar-refractivity contribution in [3.63, 3.8) is 0 Å². The average Bonchev–Trinajstić information content (AvgIpc) is 3.14. The molecule has 26 heavy (non-hydrogen) atoms. The fourth-order valence-corrected chi connectivity index (χ4v) is 4.75. The van der Waals surface area contributed by atoms with Crippen LogP contribution in [0.1, 0.15) is 40.5 Å². The second kappa shape index (κ2) is 6.49. The number of hydrogen-bond acceptors (Lipinski definition) is 6. The Hall–Kier alpha value is -1.67. The van der Waals surface area contributed by atoms with E-state index in [1.54, 1.807) is 6.92 Å². The van der Waals surface area contributed by atoms with E-state index in [-0.39, 0.29) is 31.6 Å². The lowest BCUT2D eigenvalue weighted by Gasteiger charge is -2.35. The average molecular weight is 368 g/mol. The quantitative estimate of drug-likeness (QED) is 0.653. The van der Waals surface area contributed by atoms with Gasteiger partial charge in [-0.25, -0.2) is 0 Å². The number of amides is 2. The van der Waals surface area contributed by atoms with Crippen molar-refractivity contribution in [3.05, 3.63) is 0 Å². The summed E-state index contributed by atoms with van der Waals surface area (Å²) in [5.41, 5.74) is -1.50. The van der Waals surface area contributed by atoms with Gasteiger partial charge in [-0.15, -0.1) is 0 Å². The SMILES string of the molecule is CCOC(=O)[C@@H]1[C@H]2C(=O)N(CCO)[C@H](C(=O)NC(C)(C)C)[C@]23CC[C@H]1O3. The number of esters is 1. The van der Waals surface area contributed by atoms with Crippen LogP contribution >= 0.6 is 0 Å². The van der Waals surface area contributed by atoms with Crippen LogP contribution in [0.25, 0.3) is 0 Å². The number of fused-ring (bicyclic) bond motifs is 1. The summed E-state index contributed by atoms with van der Waals surface area (Å²) < 4.78 is 11.3. The van der Waals surface area contributed by atoms with Gasteiger partial charge in [0.2, 0.25) is 11.8 Å². The first-order chi connectivity index (χ1) is 12.2. The van der Waals surface area contributed by atoms with E-state index >= 15 is 0 Å². The Kier molecular flexibility index (Phi) is 4.77. The van der Waals surface area contributed by atoms with Crippen LogP contribution in [0.5, 0.6) is 0 Å². The maximum absolute atomic E-state index is 13.1. The summed E-state index contributed by atoms with van der Waals surface area (Å²) in [6, 6.07) is -0.851. The highest BCUT2D eigenvalue weighted by Gasteiger charge is 2.74. The van der Waals surface area contributed by atoms with Crippen molar-refractivity contribution in [3.8, 4) is 0 Å². The zero-order valence-electron chi connectivity index (χ0n) is 15.8. The Labute approximate surface area is 153 Å². The lowest BCUT2D eigenvalue weighted by Crippen LogP contribution is -2.58. The molecule has 2 amide bonds. The van der Waals surface area contributed by atoms with Crippen LogP contribution in [0.3, 0.4) is 0 Å². The van der Waals surface area contributed by atoms with E-state index < -0.39 is 41.1 Å². The highest BCUT2D eigenvalue weighted by molar-refractivity contribution is 5.98. The zero-order valence-corrected chi connectivity index (χ0v) is 15.8. The van der Waals surface area contributed by atoms with Crippen LogP contribution in [0, 0.1) is 11.8 Å². The van der Waals surface area contributed by atoms with E-state index in [2.05, 4.69) is 5.32 Å². The standard InChI is InChI=1S/C18H28N2O6/c1-5-25-16(24)11-10-6-7-18(26-10)12(11)15(23)20(8-9-21)13(18)14(22)19-17(2,3)4/h10-13,21H,5-9H2,1-4H3,(H,19,22)/t10-,11+,12+,13-,18+/m1/s1. The van der Waals surface area contributed by atoms with E-state index in [0.717, 1.165) is 0 Å². The van der Waals surface area contributed by atoms with E-state index in [1.165, 1.54) is 4.90 Å². The molecule has 8 nitrogen and oxygen atoms in total. The monoisotopic (exact) mass is 368 g/mol. The molecule has 3 saturated heterocycles. The maximum atomic E-state index is 13.1. The summed E-state index contributed by atoms with van der Waals surface area (Å²) >= 11 is 0. The number of likely N-dealkylation sites (tertiary alicyclic amines) is 1. The van der Waals surface area contributed by atoms with Crippen molar-refractivity contribution in [2.24, 2.45) is 11.8 Å². The maximum Gasteiger partial charge on any atom is 0.312 e. The number of aliphatic hydroxyl groups excluding tert-OH is 1. The van der Waals surface area contributed by atoms with Crippen molar-refractivity contribution in [2.45, 2.75) is 63.8 Å². The largest absolute Gasteiger partial charge is 0.466 e. The first kappa shape index (κ1) is 19.1. The van der Waals surface area contributed by atoms with Gasteiger partial charge in [-0.05, 0) is 40.5 Å². The number of aliphatic hydroxyl groups is 1. The van der Waals surface area contributed by atoms with Gasteiger partial charge < -0.3 is 24.8 Å². The molecular weight excluding hydrogens is 340 g/mol. The molecule has 3 rings (SSSR count). The molecule has 3 heterocycles. The summed E-state index contributed by atoms with van der Waals surface area (Å²) in [5, 5.41) is 12.3. The number of ether oxygens (including phenoxy) is 2. The Morgan fingerprint density at radius 3 is 2.69 bits per heavy atom. The van der Waals surface area contributed by atoms with Crippen molar-refractivity contribution in [1.82, 2.24) is 10.2 Å². The topological polar surface area (TPSA) is 105 Å². The molecule has 0 saturated carbocycles. The fraction of sp³-hybridized carbons (Fsp3) is 0.833. The van der Waals surface area contributed by atoms with Gasteiger partial charge in [0, 0.05) is 12.1 Å². The van der Waals surface area contributed by atoms with E-state index in [0.29, 0.717) is 12.8 Å². The number of β-amino-alcohol motifs (C(OH)–C–C–N with tert-alkyl or cyclic N) is 1. The third kappa shape index (κ3) is 2.79. The number of hydrogen-bond donors (Lipinski definition) is 2. The third-order valence-electron chi connectivity index (χ3n) is 5.45. The molecule has 0 radical (unpaired) electrons. The smallest absolute Gasteiger partial charge is 0.312 e. The minimum Gasteiger partial charge on any atom is -0.466 e. The molecule has 146 valence electrons. The molecule has 0 aliphatic carbocycles. The summed E-state index contributed by atoms with van der Waals surface area (Å²) in [6.45, 7) is 7.30. The van der Waals surface area contributed by atoms with Crippen LogP contribution in [-0.4, -0.2) is 70.8 Å². The van der Waals surface area contributed by atoms with Crippen molar-refractivity contribution < 1.29 is 29.0 Å². The summed E-state index contributed by atoms with van der Waals surface area (Å²) in [5.74, 6) is -2.49. The van der Waals surface area contributed by atoms with Crippen LogP contribution < -0.4 is 5.32 Å². The first-order valence-electron chi connectivity index (χ1n) is 9.24. The lowest BCUT2D eigenvalue weighted by molar-refractivity contribution is -0.154. The van der Waals surface area contributed by atoms with Crippen LogP contribution in [-0.2, 0) is 23.9 Å². The molecule has 8 heteroatoms. The fourth-order valence-electron chi connectivity index (χ4n) is 4.75. The van der Waals surface area contributed by atoms with Gasteiger partial charge in [0.25, 0.3) is 0 Å². The molecule has 3 aliphatic rings. The van der Waals surface area contributed by atoms with Crippen molar-refractivity contribution in [1.29, 1.82) is 0 Å². The van der Waals surface area contributed by atoms with Gasteiger partial charge in [0.15, 0.2) is 0 Å². The minimum atomic E-state index is -1.02. The minimum absolute atomic E-state index is 0.0306. The molecule has 0 aromatic carbocycles. The highest BCUT2D eigenvalue weighted by atomic mass is 16.6. The molecule has 0 aromatic rings. The summed E-state index contributed by atoms with van der Waals surface area (Å²) in [4.78, 5) is 40.0. The van der Waals surface area contributed by atoms with E-state index in [1.807, 2.05) is 20.8 Å². The Morgan fingerprint density at radius 1 is 1.42 bits per heavy atom. The number of carbonyl (C=O) groups is 3. The summed E-state index contributed by atoms with van der Waals surface area (Å²) in [7, 11) is 0. The molecule has 2 bridgehead atoms. The molecule has 1 spiro atoms. The lowest BCUT2D eigenvalue weighted by atomic mass is 9.70. The highest BCUT2D eigenvalue weighted by Crippen LogP contribution is 2.58. The van der Waals surface area contributed by atoms with Gasteiger partial charge in [0.05, 0.1) is 31.2 Å². The predicted molar refractivity (Wildman–Crippen MR) is 90.9 cm³/mol. The predicted octanol–water partition coefficient (Wildman–Crippen LogP) is -0.169. The number of nitrogens with one attached hydrogen (secondary N) is 1. The Morgan fingerprint density at radius 2 is 2.12 bits per heavy atom. The molecule has 3 aliphatic heterocycles. The van der Waals surface area contributed by atoms with Gasteiger partial charge in [-0.1, -0.05) is 0 Å². The van der Waals surface area contributed by atoms with Crippen LogP contribution in [0.15, 0.2) is 0 Å². The zero-order chi connectivity index (χ0) is 19.3. The van der Waals surface area contributed by atoms with Gasteiger partial charge in [-0.3, -0.25) is 14.4 Å². The van der Waals surface area contributed by atoms with Crippen molar-refractivity contribution in [2.75, 3.05) is 19.8 Å². The number of carbonyl (C=O) groups excluding carboxylic acids is 3. The number of nitrogens with zero attached hydrogens (tertiary/aromatic N) is 1. The molecule has 0 unspecified atom stereocenters. The molecule has 2 N–H and O–H groups in total. The van der Waals surface area contributed by atoms with Gasteiger partial charge >= 0.3 is 5.97 Å². The second-order valence-corrected chi connectivity index (χ2v) is 8.30. The molecule has 0 aromatic heterocycles. The first-order valence-corrected chi connectivity index (χ1v) is 9.24. The van der Waals surface area contributed by atoms with Gasteiger partial charge in [-0.2, -0.15) is 0 Å². The summed E-state index contributed by atoms with van der Waals surface area (Å²) in [6.07, 6.45) is 0.748. The molecule has 3 fully saturated rings. The van der Waals surface area contributed by atoms with Crippen LogP contribution in [0.4, 0.5) is 0 Å². The van der Waals surface area contributed by atoms with Crippen LogP contribution in [0.2, 0.25) is 0 Å². The Bertz CT molecular complexity index is 615. The third-order valence-corrected chi connectivity index (χ3v) is 5.45. The second-order valence-electron chi connectivity index (χ2n) is 8.30. The van der Waals surface area contributed by atoms with E-state index in [4.69, 9.17) is 9.47 Å². The molecular formula is C18H28N2O6. The Balaban J connectivity index is 1.98. The normalized spacial score (nSPS) is 35.6. The van der Waals surface area contributed by atoms with E-state index in [9.17, 15) is 19.5 Å². The van der Waals surface area contributed by atoms with Gasteiger partial charge in [0.1, 0.15) is 11.6 Å².